The second kappa shape index (κ2) is 6.40. The predicted octanol–water partition coefficient (Wildman–Crippen LogP) is 1.36. The maximum atomic E-state index is 12.9. The molecule has 0 aliphatic carbocycles. The van der Waals surface area contributed by atoms with Crippen LogP contribution in [0.2, 0.25) is 0 Å². The first-order chi connectivity index (χ1) is 11.9. The van der Waals surface area contributed by atoms with Gasteiger partial charge in [0.1, 0.15) is 17.9 Å². The van der Waals surface area contributed by atoms with E-state index in [0.29, 0.717) is 0 Å². The van der Waals surface area contributed by atoms with E-state index < -0.39 is 38.7 Å². The van der Waals surface area contributed by atoms with Gasteiger partial charge >= 0.3 is 0 Å². The van der Waals surface area contributed by atoms with E-state index in [4.69, 9.17) is 4.42 Å². The molecule has 0 spiro atoms. The molecule has 2 aromatic heterocycles. The topological polar surface area (TPSA) is 123 Å². The molecule has 128 valence electrons. The molecule has 0 atom stereocenters. The van der Waals surface area contributed by atoms with Gasteiger partial charge < -0.3 is 4.42 Å². The van der Waals surface area contributed by atoms with Crippen molar-refractivity contribution in [1.29, 1.82) is 0 Å². The van der Waals surface area contributed by atoms with Gasteiger partial charge in [-0.3, -0.25) is 14.7 Å². The maximum absolute atomic E-state index is 12.9. The van der Waals surface area contributed by atoms with Crippen molar-refractivity contribution in [3.63, 3.8) is 0 Å². The third-order valence-electron chi connectivity index (χ3n) is 3.23. The number of H-pyrrole nitrogens is 1. The molecule has 2 heterocycles. The van der Waals surface area contributed by atoms with Gasteiger partial charge in [0.05, 0.1) is 11.3 Å². The first-order valence-electron chi connectivity index (χ1n) is 6.90. The van der Waals surface area contributed by atoms with Gasteiger partial charge in [-0.1, -0.05) is 0 Å². The number of nitrogens with one attached hydrogen (secondary N) is 1. The van der Waals surface area contributed by atoms with Crippen molar-refractivity contribution in [2.75, 3.05) is 0 Å². The Balaban J connectivity index is 1.79. The number of furan rings is 1. The Labute approximate surface area is 140 Å². The number of aromatic nitrogens is 3. The van der Waals surface area contributed by atoms with Gasteiger partial charge in [-0.2, -0.15) is 0 Å². The number of carbonyl (C=O) groups is 2. The van der Waals surface area contributed by atoms with Crippen molar-refractivity contribution in [3.8, 4) is 0 Å². The Bertz CT molecular complexity index is 1020. The number of halogens is 1. The molecule has 0 amide bonds. The van der Waals surface area contributed by atoms with Crippen molar-refractivity contribution in [2.45, 2.75) is 16.4 Å². The standard InChI is InChI=1S/C15H10FN3O5S/c16-9-1-4-11(5-2-9)25(22,23)13-6-3-10(24-13)7-12(20)14(21)15-17-8-18-19-15/h1-6,8H,7H2,(H,17,18,19). The summed E-state index contributed by atoms with van der Waals surface area (Å²) < 4.78 is 42.8. The number of rotatable bonds is 6. The number of carbonyl (C=O) groups excluding carboxylic acids is 2. The molecule has 3 rings (SSSR count). The molecule has 3 aromatic rings. The van der Waals surface area contributed by atoms with Gasteiger partial charge in [0, 0.05) is 0 Å². The van der Waals surface area contributed by atoms with Crippen molar-refractivity contribution < 1.29 is 26.8 Å². The Hall–Kier alpha value is -3.14. The minimum atomic E-state index is -3.99. The fourth-order valence-electron chi connectivity index (χ4n) is 2.01. The molecule has 10 heteroatoms. The Morgan fingerprint density at radius 3 is 2.48 bits per heavy atom. The number of Topliss-reactive ketones (excluding diaryl/α,β-unsaturated/α-hetero) is 2. The van der Waals surface area contributed by atoms with Gasteiger partial charge in [0.15, 0.2) is 0 Å². The van der Waals surface area contributed by atoms with Crippen LogP contribution in [0.25, 0.3) is 0 Å². The van der Waals surface area contributed by atoms with Crippen LogP contribution in [0, 0.1) is 5.82 Å². The van der Waals surface area contributed by atoms with Crippen molar-refractivity contribution in [1.82, 2.24) is 15.2 Å². The second-order valence-electron chi connectivity index (χ2n) is 4.93. The summed E-state index contributed by atoms with van der Waals surface area (Å²) in [5.74, 6) is -2.62. The number of aromatic amines is 1. The van der Waals surface area contributed by atoms with Crippen LogP contribution >= 0.6 is 0 Å². The lowest BCUT2D eigenvalue weighted by Gasteiger charge is -2.01. The number of hydrogen-bond acceptors (Lipinski definition) is 7. The lowest BCUT2D eigenvalue weighted by atomic mass is 10.1. The highest BCUT2D eigenvalue weighted by Crippen LogP contribution is 2.23. The first kappa shape index (κ1) is 16.7. The van der Waals surface area contributed by atoms with Crippen LogP contribution in [0.1, 0.15) is 16.4 Å². The SMILES string of the molecule is O=C(Cc1ccc(S(=O)(=O)c2ccc(F)cc2)o1)C(=O)c1nc[nH]n1. The molecule has 25 heavy (non-hydrogen) atoms. The molecule has 1 aromatic carbocycles. The highest BCUT2D eigenvalue weighted by atomic mass is 32.2. The van der Waals surface area contributed by atoms with E-state index in [-0.39, 0.29) is 16.5 Å². The molecule has 0 saturated carbocycles. The van der Waals surface area contributed by atoms with Gasteiger partial charge in [-0.15, -0.1) is 5.10 Å². The minimum absolute atomic E-state index is 0.00503. The molecule has 0 unspecified atom stereocenters. The Kier molecular flexibility index (Phi) is 4.28. The number of hydrogen-bond donors (Lipinski definition) is 1. The summed E-state index contributed by atoms with van der Waals surface area (Å²) in [6.07, 6.45) is 0.715. The largest absolute Gasteiger partial charge is 0.449 e. The van der Waals surface area contributed by atoms with E-state index in [9.17, 15) is 22.4 Å². The van der Waals surface area contributed by atoms with Crippen LogP contribution in [0.5, 0.6) is 0 Å². The molecule has 0 saturated heterocycles. The number of benzene rings is 1. The van der Waals surface area contributed by atoms with E-state index in [0.717, 1.165) is 30.6 Å². The zero-order valence-electron chi connectivity index (χ0n) is 12.5. The average Bonchev–Trinajstić information content (AvgIpc) is 3.26. The lowest BCUT2D eigenvalue weighted by molar-refractivity contribution is -0.114. The van der Waals surface area contributed by atoms with E-state index in [1.807, 2.05) is 0 Å². The highest BCUT2D eigenvalue weighted by molar-refractivity contribution is 7.91. The van der Waals surface area contributed by atoms with Gasteiger partial charge in [-0.05, 0) is 36.4 Å². The maximum Gasteiger partial charge on any atom is 0.268 e. The average molecular weight is 363 g/mol. The van der Waals surface area contributed by atoms with Crippen molar-refractivity contribution in [3.05, 3.63) is 60.1 Å². The molecule has 1 N–H and O–H groups in total. The summed E-state index contributed by atoms with van der Waals surface area (Å²) >= 11 is 0. The quantitative estimate of drug-likeness (QED) is 0.398. The lowest BCUT2D eigenvalue weighted by Crippen LogP contribution is -2.17. The van der Waals surface area contributed by atoms with Crippen molar-refractivity contribution >= 4 is 21.4 Å². The summed E-state index contributed by atoms with van der Waals surface area (Å²) in [4.78, 5) is 27.1. The monoisotopic (exact) mass is 363 g/mol. The zero-order valence-corrected chi connectivity index (χ0v) is 13.3. The van der Waals surface area contributed by atoms with E-state index in [1.165, 1.54) is 12.1 Å². The van der Waals surface area contributed by atoms with Crippen LogP contribution in [0.3, 0.4) is 0 Å². The number of nitrogens with zero attached hydrogens (tertiary/aromatic N) is 2. The van der Waals surface area contributed by atoms with Crippen LogP contribution in [0.4, 0.5) is 4.39 Å². The van der Waals surface area contributed by atoms with Crippen molar-refractivity contribution in [2.24, 2.45) is 0 Å². The smallest absolute Gasteiger partial charge is 0.268 e. The molecular weight excluding hydrogens is 353 g/mol. The molecule has 0 bridgehead atoms. The second-order valence-corrected chi connectivity index (χ2v) is 6.81. The fraction of sp³-hybridized carbons (Fsp3) is 0.0667. The van der Waals surface area contributed by atoms with Crippen LogP contribution in [0.15, 0.2) is 57.1 Å². The molecule has 8 nitrogen and oxygen atoms in total. The molecular formula is C15H10FN3O5S. The van der Waals surface area contributed by atoms with Crippen LogP contribution in [-0.4, -0.2) is 35.2 Å². The van der Waals surface area contributed by atoms with Crippen LogP contribution < -0.4 is 0 Å². The number of ketones is 2. The Morgan fingerprint density at radius 1 is 1.12 bits per heavy atom. The fourth-order valence-corrected chi connectivity index (χ4v) is 3.20. The predicted molar refractivity (Wildman–Crippen MR) is 80.0 cm³/mol. The number of sulfone groups is 1. The van der Waals surface area contributed by atoms with Gasteiger partial charge in [0.25, 0.3) is 5.78 Å². The third-order valence-corrected chi connectivity index (χ3v) is 4.87. The summed E-state index contributed by atoms with van der Waals surface area (Å²) in [5, 5.41) is 5.41. The summed E-state index contributed by atoms with van der Waals surface area (Å²) in [6.45, 7) is 0. The van der Waals surface area contributed by atoms with Gasteiger partial charge in [-0.25, -0.2) is 17.8 Å². The van der Waals surface area contributed by atoms with E-state index >= 15 is 0 Å². The van der Waals surface area contributed by atoms with E-state index in [2.05, 4.69) is 15.2 Å². The molecule has 0 fully saturated rings. The van der Waals surface area contributed by atoms with Crippen LogP contribution in [-0.2, 0) is 21.1 Å². The normalized spacial score (nSPS) is 11.4. The van der Waals surface area contributed by atoms with E-state index in [1.54, 1.807) is 0 Å². The molecule has 0 aliphatic rings. The molecule has 0 radical (unpaired) electrons. The zero-order chi connectivity index (χ0) is 18.0. The minimum Gasteiger partial charge on any atom is -0.449 e. The van der Waals surface area contributed by atoms with Gasteiger partial charge in [0.2, 0.25) is 26.5 Å². The Morgan fingerprint density at radius 2 is 1.84 bits per heavy atom. The third kappa shape index (κ3) is 3.38. The summed E-state index contributed by atoms with van der Waals surface area (Å²) in [5.41, 5.74) is 0. The molecule has 0 aliphatic heterocycles. The first-order valence-corrected chi connectivity index (χ1v) is 8.39. The summed E-state index contributed by atoms with van der Waals surface area (Å²) in [6, 6.07) is 6.67. The highest BCUT2D eigenvalue weighted by Gasteiger charge is 2.25. The summed E-state index contributed by atoms with van der Waals surface area (Å²) in [7, 11) is -3.99.